The van der Waals surface area contributed by atoms with Gasteiger partial charge in [0.1, 0.15) is 0 Å². The lowest BCUT2D eigenvalue weighted by Gasteiger charge is -2.28. The predicted octanol–water partition coefficient (Wildman–Crippen LogP) is 10.3. The molecule has 3 aliphatic rings. The standard InChI is InChI=1S/C23H38O3S8Si/c1-5-24-35(25-6-2,26-7-3)17-13-11-9-8-10-12-14-28-19-18(27-4)31-22(32-19)23-33-20-21(34-23)30-16-15-29-20/h5-17H2,1-4H3. The summed E-state index contributed by atoms with van der Waals surface area (Å²) in [6.07, 6.45) is 9.84. The molecule has 200 valence electrons. The zero-order valence-electron chi connectivity index (χ0n) is 21.2. The molecule has 0 radical (unpaired) electrons. The van der Waals surface area contributed by atoms with Crippen LogP contribution in [0.15, 0.2) is 25.4 Å². The van der Waals surface area contributed by atoms with Gasteiger partial charge in [-0.25, -0.2) is 0 Å². The SMILES string of the molecule is CCO[Si](CCCCCCCCSC1=C(SC)SC(=C2SC3=C(SCCS3)S2)S1)(OCC)OCC. The zero-order chi connectivity index (χ0) is 24.9. The van der Waals surface area contributed by atoms with Crippen molar-refractivity contribution < 1.29 is 13.3 Å². The van der Waals surface area contributed by atoms with Gasteiger partial charge in [-0.2, -0.15) is 0 Å². The van der Waals surface area contributed by atoms with E-state index in [-0.39, 0.29) is 0 Å². The van der Waals surface area contributed by atoms with Crippen LogP contribution in [-0.2, 0) is 13.3 Å². The average molecular weight is 647 g/mol. The molecule has 3 nitrogen and oxygen atoms in total. The molecular weight excluding hydrogens is 609 g/mol. The molecule has 0 amide bonds. The Kier molecular flexibility index (Phi) is 16.0. The van der Waals surface area contributed by atoms with Crippen molar-refractivity contribution in [3.63, 3.8) is 0 Å². The highest BCUT2D eigenvalue weighted by atomic mass is 32.3. The molecule has 0 fully saturated rings. The van der Waals surface area contributed by atoms with Crippen molar-refractivity contribution >= 4 is 103 Å². The minimum absolute atomic E-state index is 0.669. The number of hydrogen-bond acceptors (Lipinski definition) is 11. The van der Waals surface area contributed by atoms with Gasteiger partial charge in [0.05, 0.1) is 25.4 Å². The van der Waals surface area contributed by atoms with Crippen molar-refractivity contribution in [2.75, 3.05) is 43.3 Å². The molecular formula is C23H38O3S8Si. The molecule has 0 saturated heterocycles. The van der Waals surface area contributed by atoms with Crippen LogP contribution in [0, 0.1) is 0 Å². The van der Waals surface area contributed by atoms with Crippen molar-refractivity contribution in [2.24, 2.45) is 0 Å². The fourth-order valence-corrected chi connectivity index (χ4v) is 18.1. The Bertz CT molecular complexity index is 737. The molecule has 3 rings (SSSR count). The second kappa shape index (κ2) is 17.7. The minimum atomic E-state index is -2.45. The highest BCUT2D eigenvalue weighted by molar-refractivity contribution is 8.45. The Hall–Kier alpha value is 2.12. The Morgan fingerprint density at radius 1 is 0.657 bits per heavy atom. The van der Waals surface area contributed by atoms with E-state index in [0.29, 0.717) is 19.8 Å². The van der Waals surface area contributed by atoms with Crippen molar-refractivity contribution in [1.29, 1.82) is 0 Å². The molecule has 0 unspecified atom stereocenters. The predicted molar refractivity (Wildman–Crippen MR) is 175 cm³/mol. The molecule has 35 heavy (non-hydrogen) atoms. The molecule has 3 aliphatic heterocycles. The van der Waals surface area contributed by atoms with Crippen LogP contribution in [0.5, 0.6) is 0 Å². The van der Waals surface area contributed by atoms with E-state index in [0.717, 1.165) is 12.5 Å². The smallest absolute Gasteiger partial charge is 0.374 e. The first kappa shape index (κ1) is 31.6. The maximum atomic E-state index is 5.97. The fourth-order valence-electron chi connectivity index (χ4n) is 3.69. The number of rotatable bonds is 17. The van der Waals surface area contributed by atoms with Gasteiger partial charge in [0.25, 0.3) is 0 Å². The van der Waals surface area contributed by atoms with Crippen molar-refractivity contribution in [3.8, 4) is 0 Å². The highest BCUT2D eigenvalue weighted by Crippen LogP contribution is 2.66. The van der Waals surface area contributed by atoms with Gasteiger partial charge in [-0.15, -0.1) is 47.0 Å². The maximum absolute atomic E-state index is 5.97. The molecule has 0 atom stereocenters. The van der Waals surface area contributed by atoms with Crippen molar-refractivity contribution in [2.45, 2.75) is 65.3 Å². The van der Waals surface area contributed by atoms with Gasteiger partial charge in [-0.1, -0.05) is 72.7 Å². The molecule has 0 saturated carbocycles. The third-order valence-electron chi connectivity index (χ3n) is 5.18. The van der Waals surface area contributed by atoms with Gasteiger partial charge in [0, 0.05) is 37.4 Å². The molecule has 12 heteroatoms. The second-order valence-electron chi connectivity index (χ2n) is 7.74. The summed E-state index contributed by atoms with van der Waals surface area (Å²) in [5.74, 6) is 3.74. The normalized spacial score (nSPS) is 18.9. The van der Waals surface area contributed by atoms with E-state index in [2.05, 4.69) is 18.0 Å². The van der Waals surface area contributed by atoms with Crippen LogP contribution in [0.2, 0.25) is 6.04 Å². The van der Waals surface area contributed by atoms with E-state index in [9.17, 15) is 0 Å². The van der Waals surface area contributed by atoms with Crippen LogP contribution >= 0.6 is 94.1 Å². The molecule has 0 aromatic carbocycles. The molecule has 0 bridgehead atoms. The second-order valence-corrected chi connectivity index (χ2v) is 20.2. The summed E-state index contributed by atoms with van der Waals surface area (Å²) in [6, 6.07) is 0.948. The molecule has 0 aromatic rings. The first-order chi connectivity index (χ1) is 17.1. The van der Waals surface area contributed by atoms with E-state index < -0.39 is 8.80 Å². The topological polar surface area (TPSA) is 27.7 Å². The zero-order valence-corrected chi connectivity index (χ0v) is 28.7. The largest absolute Gasteiger partial charge is 0.500 e. The highest BCUT2D eigenvalue weighted by Gasteiger charge is 2.39. The first-order valence-electron chi connectivity index (χ1n) is 12.4. The van der Waals surface area contributed by atoms with Gasteiger partial charge in [-0.05, 0) is 45.6 Å². The average Bonchev–Trinajstić information content (AvgIpc) is 3.47. The van der Waals surface area contributed by atoms with Crippen LogP contribution in [0.25, 0.3) is 0 Å². The van der Waals surface area contributed by atoms with Crippen molar-refractivity contribution in [1.82, 2.24) is 0 Å². The van der Waals surface area contributed by atoms with E-state index in [1.165, 1.54) is 66.3 Å². The monoisotopic (exact) mass is 646 g/mol. The third kappa shape index (κ3) is 10.2. The molecule has 0 aromatic heterocycles. The Morgan fingerprint density at radius 3 is 1.74 bits per heavy atom. The van der Waals surface area contributed by atoms with Gasteiger partial charge < -0.3 is 13.3 Å². The Morgan fingerprint density at radius 2 is 1.17 bits per heavy atom. The van der Waals surface area contributed by atoms with Gasteiger partial charge in [0.15, 0.2) is 0 Å². The number of thioether (sulfide) groups is 8. The van der Waals surface area contributed by atoms with Crippen LogP contribution < -0.4 is 0 Å². The first-order valence-corrected chi connectivity index (χ1v) is 21.8. The molecule has 0 aliphatic carbocycles. The molecule has 3 heterocycles. The lowest BCUT2D eigenvalue weighted by Crippen LogP contribution is -2.45. The Labute approximate surface area is 248 Å². The molecule has 0 spiro atoms. The summed E-state index contributed by atoms with van der Waals surface area (Å²) < 4.78 is 27.1. The number of hydrogen-bond donors (Lipinski definition) is 0. The summed E-state index contributed by atoms with van der Waals surface area (Å²) in [5, 5.41) is 0. The summed E-state index contributed by atoms with van der Waals surface area (Å²) in [4.78, 5) is 0. The fraction of sp³-hybridized carbons (Fsp3) is 0.739. The summed E-state index contributed by atoms with van der Waals surface area (Å²) in [7, 11) is -2.45. The lowest BCUT2D eigenvalue weighted by atomic mass is 10.1. The van der Waals surface area contributed by atoms with E-state index >= 15 is 0 Å². The lowest BCUT2D eigenvalue weighted by molar-refractivity contribution is 0.0706. The van der Waals surface area contributed by atoms with Crippen molar-refractivity contribution in [3.05, 3.63) is 25.4 Å². The van der Waals surface area contributed by atoms with E-state index in [1.54, 1.807) is 8.47 Å². The van der Waals surface area contributed by atoms with Gasteiger partial charge >= 0.3 is 8.80 Å². The van der Waals surface area contributed by atoms with Crippen LogP contribution in [-0.4, -0.2) is 52.1 Å². The Balaban J connectivity index is 1.30. The third-order valence-corrected chi connectivity index (χ3v) is 20.1. The van der Waals surface area contributed by atoms with Crippen LogP contribution in [0.4, 0.5) is 0 Å². The van der Waals surface area contributed by atoms with Gasteiger partial charge in [-0.3, -0.25) is 0 Å². The summed E-state index contributed by atoms with van der Waals surface area (Å²) in [5.41, 5.74) is 0. The summed E-state index contributed by atoms with van der Waals surface area (Å²) >= 11 is 16.1. The van der Waals surface area contributed by atoms with Gasteiger partial charge in [0.2, 0.25) is 0 Å². The van der Waals surface area contributed by atoms with Crippen LogP contribution in [0.3, 0.4) is 0 Å². The maximum Gasteiger partial charge on any atom is 0.500 e. The quantitative estimate of drug-likeness (QED) is 0.112. The number of unbranched alkanes of at least 4 members (excludes halogenated alkanes) is 5. The molecule has 0 N–H and O–H groups in total. The van der Waals surface area contributed by atoms with E-state index in [4.69, 9.17) is 13.3 Å². The van der Waals surface area contributed by atoms with E-state index in [1.807, 2.05) is 103 Å². The minimum Gasteiger partial charge on any atom is -0.374 e. The van der Waals surface area contributed by atoms with Crippen LogP contribution in [0.1, 0.15) is 59.3 Å². The summed E-state index contributed by atoms with van der Waals surface area (Å²) in [6.45, 7) is 8.11.